The molecule has 0 fully saturated rings. The van der Waals surface area contributed by atoms with E-state index in [1.54, 1.807) is 0 Å². The van der Waals surface area contributed by atoms with Crippen LogP contribution in [0.4, 0.5) is 39.1 Å². The zero-order chi connectivity index (χ0) is 19.6. The summed E-state index contributed by atoms with van der Waals surface area (Å²) in [7, 11) is 0. The molecule has 0 saturated heterocycles. The average molecular weight is 380 g/mol. The summed E-state index contributed by atoms with van der Waals surface area (Å²) in [6, 6.07) is 5.69. The van der Waals surface area contributed by atoms with Gasteiger partial charge in [-0.25, -0.2) is 31.9 Å². The van der Waals surface area contributed by atoms with Crippen LogP contribution in [0.2, 0.25) is 0 Å². The van der Waals surface area contributed by atoms with Crippen LogP contribution in [0.1, 0.15) is 10.5 Å². The normalized spacial score (nSPS) is 10.6. The lowest BCUT2D eigenvalue weighted by atomic mass is 10.2. The Labute approximate surface area is 148 Å². The van der Waals surface area contributed by atoms with Crippen molar-refractivity contribution >= 4 is 23.1 Å². The molecule has 0 spiro atoms. The highest BCUT2D eigenvalue weighted by atomic mass is 19.2. The van der Waals surface area contributed by atoms with Crippen molar-refractivity contribution in [3.05, 3.63) is 77.5 Å². The molecule has 0 radical (unpaired) electrons. The van der Waals surface area contributed by atoms with Gasteiger partial charge in [0.2, 0.25) is 0 Å². The van der Waals surface area contributed by atoms with Crippen LogP contribution in [0, 0.1) is 29.1 Å². The molecule has 27 heavy (non-hydrogen) atoms. The molecule has 0 aliphatic carbocycles. The summed E-state index contributed by atoms with van der Waals surface area (Å²) in [4.78, 5) is 19.7. The number of nitrogens with one attached hydrogen (secondary N) is 2. The zero-order valence-electron chi connectivity index (χ0n) is 13.2. The molecule has 2 N–H and O–H groups in total. The Morgan fingerprint density at radius 2 is 1.56 bits per heavy atom. The summed E-state index contributed by atoms with van der Waals surface area (Å²) in [6.45, 7) is 0. The maximum Gasteiger partial charge on any atom is 0.274 e. The molecule has 0 aliphatic heterocycles. The van der Waals surface area contributed by atoms with Crippen LogP contribution < -0.4 is 10.6 Å². The summed E-state index contributed by atoms with van der Waals surface area (Å²) < 4.78 is 65.9. The lowest BCUT2D eigenvalue weighted by molar-refractivity contribution is 0.102. The van der Waals surface area contributed by atoms with Gasteiger partial charge < -0.3 is 10.6 Å². The first-order chi connectivity index (χ1) is 12.8. The highest BCUT2D eigenvalue weighted by molar-refractivity contribution is 6.03. The van der Waals surface area contributed by atoms with Crippen LogP contribution in [0.5, 0.6) is 0 Å². The molecule has 1 heterocycles. The Hall–Kier alpha value is -3.56. The van der Waals surface area contributed by atoms with Gasteiger partial charge in [0.05, 0.1) is 5.69 Å². The summed E-state index contributed by atoms with van der Waals surface area (Å²) in [5.74, 6) is -7.65. The van der Waals surface area contributed by atoms with Crippen molar-refractivity contribution < 1.29 is 26.7 Å². The Kier molecular flexibility index (Phi) is 4.97. The van der Waals surface area contributed by atoms with Gasteiger partial charge in [-0.3, -0.25) is 4.79 Å². The van der Waals surface area contributed by atoms with E-state index in [-0.39, 0.29) is 17.2 Å². The molecule has 3 aromatic rings. The number of hydrogen-bond acceptors (Lipinski definition) is 4. The van der Waals surface area contributed by atoms with E-state index in [2.05, 4.69) is 20.6 Å². The maximum atomic E-state index is 13.6. The summed E-state index contributed by atoms with van der Waals surface area (Å²) in [5, 5.41) is 4.69. The molecule has 0 bridgehead atoms. The number of hydrogen-bond donors (Lipinski definition) is 2. The van der Waals surface area contributed by atoms with Gasteiger partial charge in [0, 0.05) is 17.8 Å². The minimum Gasteiger partial charge on any atom is -0.340 e. The second kappa shape index (κ2) is 7.36. The van der Waals surface area contributed by atoms with Gasteiger partial charge in [-0.2, -0.15) is 0 Å². The van der Waals surface area contributed by atoms with Crippen LogP contribution in [-0.4, -0.2) is 15.9 Å². The highest BCUT2D eigenvalue weighted by Gasteiger charge is 2.17. The first-order valence-electron chi connectivity index (χ1n) is 7.34. The number of halogens is 5. The van der Waals surface area contributed by atoms with E-state index < -0.39 is 40.7 Å². The van der Waals surface area contributed by atoms with E-state index in [4.69, 9.17) is 0 Å². The van der Waals surface area contributed by atoms with E-state index >= 15 is 0 Å². The van der Waals surface area contributed by atoms with Gasteiger partial charge in [-0.05, 0) is 24.3 Å². The third kappa shape index (κ3) is 4.00. The third-order valence-corrected chi connectivity index (χ3v) is 3.38. The lowest BCUT2D eigenvalue weighted by Gasteiger charge is -2.09. The Morgan fingerprint density at radius 1 is 0.815 bits per heavy atom. The fraction of sp³-hybridized carbons (Fsp3) is 0. The molecule has 0 atom stereocenters. The number of carbonyl (C=O) groups is 1. The summed E-state index contributed by atoms with van der Waals surface area (Å²) in [5.41, 5.74) is -0.655. The van der Waals surface area contributed by atoms with Crippen molar-refractivity contribution in [3.63, 3.8) is 0 Å². The Bertz CT molecular complexity index is 1030. The molecule has 1 aromatic heterocycles. The molecule has 1 amide bonds. The van der Waals surface area contributed by atoms with Crippen molar-refractivity contribution in [2.45, 2.75) is 0 Å². The predicted molar refractivity (Wildman–Crippen MR) is 85.9 cm³/mol. The standard InChI is InChI=1S/C17H9F5N4O/c18-9-2-1-8(5-11(9)20)25-14-6-13(23-7-24-14)17(27)26-12-4-3-10(19)15(21)16(12)22/h1-7H,(H,26,27)(H,23,24,25). The van der Waals surface area contributed by atoms with E-state index in [0.29, 0.717) is 6.07 Å². The van der Waals surface area contributed by atoms with Gasteiger partial charge in [-0.1, -0.05) is 0 Å². The molecular weight excluding hydrogens is 371 g/mol. The van der Waals surface area contributed by atoms with Crippen LogP contribution in [0.15, 0.2) is 42.7 Å². The van der Waals surface area contributed by atoms with Gasteiger partial charge in [0.15, 0.2) is 29.1 Å². The van der Waals surface area contributed by atoms with Crippen LogP contribution in [0.25, 0.3) is 0 Å². The van der Waals surface area contributed by atoms with Gasteiger partial charge in [0.1, 0.15) is 17.8 Å². The predicted octanol–water partition coefficient (Wildman–Crippen LogP) is 4.17. The molecule has 5 nitrogen and oxygen atoms in total. The molecule has 10 heteroatoms. The van der Waals surface area contributed by atoms with Crippen LogP contribution >= 0.6 is 0 Å². The molecule has 0 unspecified atom stereocenters. The number of amides is 1. The molecule has 0 aliphatic rings. The molecule has 138 valence electrons. The number of carbonyl (C=O) groups excluding carboxylic acids is 1. The monoisotopic (exact) mass is 380 g/mol. The second-order valence-electron chi connectivity index (χ2n) is 5.22. The van der Waals surface area contributed by atoms with Gasteiger partial charge in [-0.15, -0.1) is 0 Å². The maximum absolute atomic E-state index is 13.6. The minimum absolute atomic E-state index is 0.0620. The molecule has 3 rings (SSSR count). The SMILES string of the molecule is O=C(Nc1ccc(F)c(F)c1F)c1cc(Nc2ccc(F)c(F)c2)ncn1. The summed E-state index contributed by atoms with van der Waals surface area (Å²) >= 11 is 0. The van der Waals surface area contributed by atoms with Crippen molar-refractivity contribution in [1.29, 1.82) is 0 Å². The summed E-state index contributed by atoms with van der Waals surface area (Å²) in [6.07, 6.45) is 0.999. The number of anilines is 3. The minimum atomic E-state index is -1.73. The van der Waals surface area contributed by atoms with E-state index in [9.17, 15) is 26.7 Å². The van der Waals surface area contributed by atoms with Crippen molar-refractivity contribution in [1.82, 2.24) is 9.97 Å². The number of aromatic nitrogens is 2. The van der Waals surface area contributed by atoms with Gasteiger partial charge >= 0.3 is 0 Å². The number of rotatable bonds is 4. The number of benzene rings is 2. The fourth-order valence-corrected chi connectivity index (χ4v) is 2.08. The van der Waals surface area contributed by atoms with Crippen molar-refractivity contribution in [2.75, 3.05) is 10.6 Å². The largest absolute Gasteiger partial charge is 0.340 e. The quantitative estimate of drug-likeness (QED) is 0.527. The highest BCUT2D eigenvalue weighted by Crippen LogP contribution is 2.21. The fourth-order valence-electron chi connectivity index (χ4n) is 2.08. The Morgan fingerprint density at radius 3 is 2.30 bits per heavy atom. The Balaban J connectivity index is 1.79. The van der Waals surface area contributed by atoms with Crippen LogP contribution in [-0.2, 0) is 0 Å². The topological polar surface area (TPSA) is 66.9 Å². The first-order valence-corrected chi connectivity index (χ1v) is 7.34. The van der Waals surface area contributed by atoms with Crippen molar-refractivity contribution in [2.24, 2.45) is 0 Å². The van der Waals surface area contributed by atoms with E-state index in [0.717, 1.165) is 30.6 Å². The molecule has 0 saturated carbocycles. The zero-order valence-corrected chi connectivity index (χ0v) is 13.2. The molecular formula is C17H9F5N4O. The average Bonchev–Trinajstić information content (AvgIpc) is 2.65. The smallest absolute Gasteiger partial charge is 0.274 e. The van der Waals surface area contributed by atoms with Crippen molar-refractivity contribution in [3.8, 4) is 0 Å². The van der Waals surface area contributed by atoms with E-state index in [1.165, 1.54) is 6.07 Å². The van der Waals surface area contributed by atoms with Gasteiger partial charge in [0.25, 0.3) is 5.91 Å². The van der Waals surface area contributed by atoms with Crippen LogP contribution in [0.3, 0.4) is 0 Å². The molecule has 2 aromatic carbocycles. The second-order valence-corrected chi connectivity index (χ2v) is 5.22. The number of nitrogens with zero attached hydrogens (tertiary/aromatic N) is 2. The first kappa shape index (κ1) is 18.2. The van der Waals surface area contributed by atoms with E-state index in [1.807, 2.05) is 0 Å². The lowest BCUT2D eigenvalue weighted by Crippen LogP contribution is -2.16. The third-order valence-electron chi connectivity index (χ3n) is 3.38.